The molecule has 7 atom stereocenters. The van der Waals surface area contributed by atoms with Gasteiger partial charge in [0.15, 0.2) is 5.60 Å². The first-order chi connectivity index (χ1) is 12.5. The van der Waals surface area contributed by atoms with E-state index in [9.17, 15) is 9.59 Å². The van der Waals surface area contributed by atoms with E-state index in [0.29, 0.717) is 0 Å². The van der Waals surface area contributed by atoms with E-state index in [1.165, 1.54) is 14.2 Å². The number of alkyl halides is 2. The number of halogens is 2. The minimum atomic E-state index is -1.23. The molecule has 0 unspecified atom stereocenters. The lowest BCUT2D eigenvalue weighted by atomic mass is 9.73. The van der Waals surface area contributed by atoms with Crippen molar-refractivity contribution in [2.75, 3.05) is 14.2 Å². The van der Waals surface area contributed by atoms with Gasteiger partial charge in [0, 0.05) is 33.0 Å². The fourth-order valence-corrected chi connectivity index (χ4v) is 4.52. The first-order valence-electron chi connectivity index (χ1n) is 8.75. The molecule has 2 saturated heterocycles. The smallest absolute Gasteiger partial charge is 0.408 e. The summed E-state index contributed by atoms with van der Waals surface area (Å²) in [4.78, 5) is 23.4. The van der Waals surface area contributed by atoms with Gasteiger partial charge in [-0.15, -0.1) is 23.2 Å². The zero-order valence-electron chi connectivity index (χ0n) is 15.9. The number of hydrogen-bond acceptors (Lipinski definition) is 7. The highest BCUT2D eigenvalue weighted by molar-refractivity contribution is 6.45. The molecular weight excluding hydrogens is 401 g/mol. The number of ether oxygens (including phenoxy) is 5. The van der Waals surface area contributed by atoms with Gasteiger partial charge in [-0.25, -0.2) is 4.79 Å². The molecule has 3 rings (SSSR count). The predicted octanol–water partition coefficient (Wildman–Crippen LogP) is 2.15. The van der Waals surface area contributed by atoms with E-state index in [1.54, 1.807) is 20.8 Å². The molecule has 10 heteroatoms. The summed E-state index contributed by atoms with van der Waals surface area (Å²) < 4.78 is 28.9. The van der Waals surface area contributed by atoms with E-state index in [-0.39, 0.29) is 18.6 Å². The molecule has 1 aliphatic carbocycles. The Kier molecular flexibility index (Phi) is 5.47. The van der Waals surface area contributed by atoms with Gasteiger partial charge in [-0.1, -0.05) is 0 Å². The highest BCUT2D eigenvalue weighted by Crippen LogP contribution is 2.48. The van der Waals surface area contributed by atoms with E-state index in [2.05, 4.69) is 5.32 Å². The van der Waals surface area contributed by atoms with E-state index in [4.69, 9.17) is 46.9 Å². The Labute approximate surface area is 168 Å². The number of carbonyl (C=O) groups is 2. The van der Waals surface area contributed by atoms with Crippen LogP contribution in [0.5, 0.6) is 0 Å². The zero-order valence-corrected chi connectivity index (χ0v) is 17.4. The normalized spacial score (nSPS) is 47.6. The number of amides is 1. The summed E-state index contributed by atoms with van der Waals surface area (Å²) in [6.45, 7) is 5.03. The Morgan fingerprint density at radius 3 is 2.22 bits per heavy atom. The maximum Gasteiger partial charge on any atom is 0.408 e. The second-order valence-electron chi connectivity index (χ2n) is 7.65. The number of fused-ring (bicyclic) bond motifs is 1. The molecule has 8 nitrogen and oxygen atoms in total. The highest BCUT2D eigenvalue weighted by Gasteiger charge is 2.63. The summed E-state index contributed by atoms with van der Waals surface area (Å²) in [7, 11) is 2.97. The topological polar surface area (TPSA) is 92.3 Å². The van der Waals surface area contributed by atoms with Crippen LogP contribution >= 0.6 is 23.2 Å². The van der Waals surface area contributed by atoms with Gasteiger partial charge in [-0.2, -0.15) is 0 Å². The number of ketones is 1. The molecule has 0 radical (unpaired) electrons. The second kappa shape index (κ2) is 7.00. The summed E-state index contributed by atoms with van der Waals surface area (Å²) >= 11 is 12.2. The summed E-state index contributed by atoms with van der Waals surface area (Å²) in [5.74, 6) is -2.94. The second-order valence-corrected chi connectivity index (χ2v) is 8.74. The Hall–Kier alpha value is -0.640. The van der Waals surface area contributed by atoms with Crippen LogP contribution in [0.15, 0.2) is 0 Å². The van der Waals surface area contributed by atoms with E-state index in [0.717, 1.165) is 0 Å². The van der Waals surface area contributed by atoms with Crippen molar-refractivity contribution in [1.29, 1.82) is 0 Å². The van der Waals surface area contributed by atoms with Crippen molar-refractivity contribution in [3.63, 3.8) is 0 Å². The molecule has 154 valence electrons. The molecule has 0 aromatic heterocycles. The van der Waals surface area contributed by atoms with Crippen LogP contribution in [-0.2, 0) is 28.5 Å². The first-order valence-corrected chi connectivity index (χ1v) is 9.62. The molecule has 1 saturated carbocycles. The van der Waals surface area contributed by atoms with Crippen molar-refractivity contribution in [2.45, 2.75) is 73.9 Å². The van der Waals surface area contributed by atoms with Gasteiger partial charge in [-0.05, 0) is 20.8 Å². The Balaban J connectivity index is 1.97. The van der Waals surface area contributed by atoms with Gasteiger partial charge >= 0.3 is 6.09 Å². The number of nitrogens with one attached hydrogen (secondary N) is 1. The van der Waals surface area contributed by atoms with E-state index >= 15 is 0 Å². The fraction of sp³-hybridized carbons (Fsp3) is 0.882. The fourth-order valence-electron chi connectivity index (χ4n) is 4.16. The van der Waals surface area contributed by atoms with Gasteiger partial charge in [-0.3, -0.25) is 4.79 Å². The molecule has 0 aromatic rings. The lowest BCUT2D eigenvalue weighted by Gasteiger charge is -2.55. The van der Waals surface area contributed by atoms with Crippen LogP contribution in [0.25, 0.3) is 0 Å². The quantitative estimate of drug-likeness (QED) is 0.689. The Morgan fingerprint density at radius 1 is 1.07 bits per heavy atom. The highest BCUT2D eigenvalue weighted by atomic mass is 35.5. The largest absolute Gasteiger partial charge is 0.438 e. The van der Waals surface area contributed by atoms with Crippen LogP contribution in [0.4, 0.5) is 4.79 Å². The van der Waals surface area contributed by atoms with Crippen LogP contribution in [0, 0.1) is 5.92 Å². The molecule has 0 spiro atoms. The third-order valence-electron chi connectivity index (χ3n) is 6.09. The molecule has 1 amide bonds. The van der Waals surface area contributed by atoms with Gasteiger partial charge in [0.1, 0.15) is 10.6 Å². The summed E-state index contributed by atoms with van der Waals surface area (Å²) in [5.41, 5.74) is -1.22. The molecule has 27 heavy (non-hydrogen) atoms. The van der Waals surface area contributed by atoms with E-state index < -0.39 is 52.3 Å². The first kappa shape index (κ1) is 21.1. The standard InChI is InChI=1S/C17H25Cl2NO7/c1-15(13(18)19)12(20-14(22)27-15)9-6-8(21)7-10-11(9)26-17(3,24-5)16(2,23-4)25-10/h9-13H,6-7H2,1-5H3,(H,20,22)/t9-,10+,11+,12+,15+,16-,17-/m1/s1. The summed E-state index contributed by atoms with van der Waals surface area (Å²) in [6, 6.07) is -0.640. The molecule has 0 bridgehead atoms. The van der Waals surface area contributed by atoms with Gasteiger partial charge in [0.25, 0.3) is 0 Å². The maximum atomic E-state index is 12.5. The minimum Gasteiger partial charge on any atom is -0.438 e. The van der Waals surface area contributed by atoms with Crippen LogP contribution in [0.2, 0.25) is 0 Å². The number of cyclic esters (lactones) is 1. The zero-order chi connectivity index (χ0) is 20.2. The number of methoxy groups -OCH3 is 2. The number of hydrogen-bond donors (Lipinski definition) is 1. The molecular formula is C17H25Cl2NO7. The molecule has 3 fully saturated rings. The number of carbonyl (C=O) groups excluding carboxylic acids is 2. The monoisotopic (exact) mass is 425 g/mol. The molecule has 2 heterocycles. The number of rotatable bonds is 4. The van der Waals surface area contributed by atoms with Gasteiger partial charge in [0.05, 0.1) is 18.2 Å². The van der Waals surface area contributed by atoms with Crippen LogP contribution in [-0.4, -0.2) is 66.4 Å². The average molecular weight is 426 g/mol. The molecule has 2 aliphatic heterocycles. The maximum absolute atomic E-state index is 12.5. The summed E-state index contributed by atoms with van der Waals surface area (Å²) in [5, 5.41) is 2.74. The third kappa shape index (κ3) is 3.24. The van der Waals surface area contributed by atoms with Crippen molar-refractivity contribution in [2.24, 2.45) is 5.92 Å². The minimum absolute atomic E-state index is 0.0199. The number of alkyl carbamates (subject to hydrolysis) is 1. The lowest BCUT2D eigenvalue weighted by molar-refractivity contribution is -0.454. The van der Waals surface area contributed by atoms with Gasteiger partial charge in [0.2, 0.25) is 11.6 Å². The van der Waals surface area contributed by atoms with Crippen molar-refractivity contribution >= 4 is 35.1 Å². The number of Topliss-reactive ketones (excluding diaryl/α,β-unsaturated/α-hetero) is 1. The Bertz CT molecular complexity index is 634. The van der Waals surface area contributed by atoms with Crippen molar-refractivity contribution in [3.8, 4) is 0 Å². The molecule has 0 aromatic carbocycles. The predicted molar refractivity (Wildman–Crippen MR) is 95.6 cm³/mol. The van der Waals surface area contributed by atoms with Crippen LogP contribution in [0.1, 0.15) is 33.6 Å². The molecule has 1 N–H and O–H groups in total. The van der Waals surface area contributed by atoms with Crippen molar-refractivity contribution in [1.82, 2.24) is 5.32 Å². The van der Waals surface area contributed by atoms with Crippen molar-refractivity contribution < 1.29 is 33.3 Å². The summed E-state index contributed by atoms with van der Waals surface area (Å²) in [6.07, 6.45) is -1.44. The van der Waals surface area contributed by atoms with Crippen molar-refractivity contribution in [3.05, 3.63) is 0 Å². The van der Waals surface area contributed by atoms with Crippen LogP contribution < -0.4 is 5.32 Å². The van der Waals surface area contributed by atoms with Gasteiger partial charge < -0.3 is 29.0 Å². The molecule has 3 aliphatic rings. The Morgan fingerprint density at radius 2 is 1.67 bits per heavy atom. The lowest BCUT2D eigenvalue weighted by Crippen LogP contribution is -2.70. The van der Waals surface area contributed by atoms with Crippen LogP contribution in [0.3, 0.4) is 0 Å². The average Bonchev–Trinajstić information content (AvgIpc) is 2.91. The third-order valence-corrected chi connectivity index (χ3v) is 6.95. The SMILES string of the molecule is CO[C@]1(C)O[C@H]2[C@H]([C@@H]3NC(=O)O[C@]3(C)C(Cl)Cl)CC(=O)C[C@@H]2O[C@@]1(C)OC. The van der Waals surface area contributed by atoms with E-state index in [1.807, 2.05) is 0 Å².